The molecule has 2 N–H and O–H groups in total. The Morgan fingerprint density at radius 1 is 1.06 bits per heavy atom. The quantitative estimate of drug-likeness (QED) is 0.719. The summed E-state index contributed by atoms with van der Waals surface area (Å²) in [5.74, 6) is 0.910. The molecule has 2 amide bonds. The van der Waals surface area contributed by atoms with E-state index in [1.54, 1.807) is 7.11 Å². The minimum atomic E-state index is 0.0270. The molecule has 4 atom stereocenters. The molecule has 4 unspecified atom stereocenters. The maximum atomic E-state index is 13.0. The van der Waals surface area contributed by atoms with E-state index in [4.69, 9.17) is 4.74 Å². The molecule has 0 radical (unpaired) electrons. The van der Waals surface area contributed by atoms with Crippen LogP contribution in [0.15, 0.2) is 60.7 Å². The minimum Gasteiger partial charge on any atom is -0.384 e. The highest BCUT2D eigenvalue weighted by molar-refractivity contribution is 5.78. The Morgan fingerprint density at radius 3 is 2.32 bits per heavy atom. The van der Waals surface area contributed by atoms with E-state index in [0.29, 0.717) is 25.4 Å². The summed E-state index contributed by atoms with van der Waals surface area (Å²) in [6.07, 6.45) is 3.71. The number of fused-ring (bicyclic) bond motifs is 1. The molecular weight excluding hydrogens is 388 g/mol. The van der Waals surface area contributed by atoms with Crippen LogP contribution in [0.1, 0.15) is 49.1 Å². The van der Waals surface area contributed by atoms with Gasteiger partial charge in [0.05, 0.1) is 0 Å². The molecule has 1 aliphatic carbocycles. The average molecular weight is 421 g/mol. The number of hydrogen-bond acceptors (Lipinski definition) is 3. The summed E-state index contributed by atoms with van der Waals surface area (Å²) < 4.78 is 5.35. The fourth-order valence-corrected chi connectivity index (χ4v) is 5.38. The Kier molecular flexibility index (Phi) is 7.03. The van der Waals surface area contributed by atoms with Crippen LogP contribution in [0.4, 0.5) is 0 Å². The largest absolute Gasteiger partial charge is 0.384 e. The SMILES string of the molecule is COCC1CC(=O)NC2CC(NC(=O)CC(c3ccccc3)c3ccccc3)CCC12. The molecule has 1 saturated carbocycles. The van der Waals surface area contributed by atoms with Gasteiger partial charge in [0, 0.05) is 44.6 Å². The lowest BCUT2D eigenvalue weighted by Gasteiger charge is -2.44. The van der Waals surface area contributed by atoms with Gasteiger partial charge in [0.2, 0.25) is 11.8 Å². The Hall–Kier alpha value is -2.66. The lowest BCUT2D eigenvalue weighted by molar-refractivity contribution is -0.128. The Bertz CT molecular complexity index is 831. The first kappa shape index (κ1) is 21.6. The third-order valence-electron chi connectivity index (χ3n) is 6.84. The van der Waals surface area contributed by atoms with Crippen LogP contribution in [0.5, 0.6) is 0 Å². The van der Waals surface area contributed by atoms with Gasteiger partial charge in [-0.25, -0.2) is 0 Å². The third-order valence-corrected chi connectivity index (χ3v) is 6.84. The van der Waals surface area contributed by atoms with Crippen LogP contribution in [0, 0.1) is 11.8 Å². The first-order valence-corrected chi connectivity index (χ1v) is 11.3. The van der Waals surface area contributed by atoms with Crippen molar-refractivity contribution in [3.05, 3.63) is 71.8 Å². The normalized spacial score (nSPS) is 25.5. The van der Waals surface area contributed by atoms with Gasteiger partial charge in [-0.2, -0.15) is 0 Å². The minimum absolute atomic E-state index is 0.0270. The number of carbonyl (C=O) groups excluding carboxylic acids is 2. The van der Waals surface area contributed by atoms with E-state index in [-0.39, 0.29) is 35.7 Å². The maximum absolute atomic E-state index is 13.0. The van der Waals surface area contributed by atoms with Gasteiger partial charge in [-0.3, -0.25) is 9.59 Å². The van der Waals surface area contributed by atoms with Crippen molar-refractivity contribution in [3.63, 3.8) is 0 Å². The molecule has 4 rings (SSSR count). The molecule has 1 heterocycles. The van der Waals surface area contributed by atoms with Crippen LogP contribution in [-0.4, -0.2) is 37.6 Å². The van der Waals surface area contributed by atoms with Crippen LogP contribution in [0.25, 0.3) is 0 Å². The molecule has 31 heavy (non-hydrogen) atoms. The number of hydrogen-bond donors (Lipinski definition) is 2. The van der Waals surface area contributed by atoms with Gasteiger partial charge in [-0.1, -0.05) is 60.7 Å². The Balaban J connectivity index is 1.40. The van der Waals surface area contributed by atoms with E-state index in [2.05, 4.69) is 34.9 Å². The zero-order valence-corrected chi connectivity index (χ0v) is 18.1. The van der Waals surface area contributed by atoms with Gasteiger partial charge < -0.3 is 15.4 Å². The van der Waals surface area contributed by atoms with Crippen LogP contribution in [-0.2, 0) is 14.3 Å². The summed E-state index contributed by atoms with van der Waals surface area (Å²) in [4.78, 5) is 25.2. The highest BCUT2D eigenvalue weighted by Crippen LogP contribution is 2.36. The fraction of sp³-hybridized carbons (Fsp3) is 0.462. The summed E-state index contributed by atoms with van der Waals surface area (Å²) in [5, 5.41) is 6.42. The lowest BCUT2D eigenvalue weighted by atomic mass is 9.71. The van der Waals surface area contributed by atoms with E-state index in [1.165, 1.54) is 0 Å². The van der Waals surface area contributed by atoms with E-state index in [9.17, 15) is 9.59 Å². The molecule has 2 aliphatic rings. The Morgan fingerprint density at radius 2 is 1.71 bits per heavy atom. The van der Waals surface area contributed by atoms with Crippen molar-refractivity contribution in [2.24, 2.45) is 11.8 Å². The predicted molar refractivity (Wildman–Crippen MR) is 121 cm³/mol. The van der Waals surface area contributed by atoms with Crippen LogP contribution in [0.2, 0.25) is 0 Å². The molecule has 0 spiro atoms. The first-order chi connectivity index (χ1) is 15.1. The van der Waals surface area contributed by atoms with Crippen molar-refractivity contribution >= 4 is 11.8 Å². The summed E-state index contributed by atoms with van der Waals surface area (Å²) >= 11 is 0. The van der Waals surface area contributed by atoms with Gasteiger partial charge in [-0.05, 0) is 42.2 Å². The summed E-state index contributed by atoms with van der Waals surface area (Å²) in [6, 6.07) is 20.7. The molecule has 164 valence electrons. The van der Waals surface area contributed by atoms with Crippen LogP contribution >= 0.6 is 0 Å². The van der Waals surface area contributed by atoms with Crippen molar-refractivity contribution < 1.29 is 14.3 Å². The summed E-state index contributed by atoms with van der Waals surface area (Å²) in [7, 11) is 1.70. The number of carbonyl (C=O) groups is 2. The van der Waals surface area contributed by atoms with Gasteiger partial charge in [-0.15, -0.1) is 0 Å². The summed E-state index contributed by atoms with van der Waals surface area (Å²) in [5.41, 5.74) is 2.30. The number of methoxy groups -OCH3 is 1. The van der Waals surface area contributed by atoms with E-state index in [1.807, 2.05) is 36.4 Å². The number of rotatable bonds is 7. The third kappa shape index (κ3) is 5.34. The number of piperidine rings is 1. The smallest absolute Gasteiger partial charge is 0.221 e. The molecular formula is C26H32N2O3. The van der Waals surface area contributed by atoms with Crippen molar-refractivity contribution in [1.29, 1.82) is 0 Å². The number of ether oxygens (including phenoxy) is 1. The van der Waals surface area contributed by atoms with E-state index >= 15 is 0 Å². The highest BCUT2D eigenvalue weighted by atomic mass is 16.5. The van der Waals surface area contributed by atoms with Gasteiger partial charge in [0.15, 0.2) is 0 Å². The Labute approximate surface area is 184 Å². The van der Waals surface area contributed by atoms with E-state index in [0.717, 1.165) is 30.4 Å². The average Bonchev–Trinajstić information content (AvgIpc) is 2.78. The molecule has 0 bridgehead atoms. The van der Waals surface area contributed by atoms with Gasteiger partial charge in [0.1, 0.15) is 0 Å². The molecule has 1 saturated heterocycles. The van der Waals surface area contributed by atoms with Gasteiger partial charge >= 0.3 is 0 Å². The molecule has 2 aromatic rings. The maximum Gasteiger partial charge on any atom is 0.221 e. The second kappa shape index (κ2) is 10.1. The lowest BCUT2D eigenvalue weighted by Crippen LogP contribution is -2.56. The molecule has 1 aliphatic heterocycles. The van der Waals surface area contributed by atoms with Crippen LogP contribution < -0.4 is 10.6 Å². The van der Waals surface area contributed by atoms with E-state index < -0.39 is 0 Å². The van der Waals surface area contributed by atoms with Crippen LogP contribution in [0.3, 0.4) is 0 Å². The highest BCUT2D eigenvalue weighted by Gasteiger charge is 2.41. The molecule has 0 aromatic heterocycles. The standard InChI is InChI=1S/C26H32N2O3/c1-31-17-20-14-25(29)28-24-15-21(12-13-22(20)24)27-26(30)16-23(18-8-4-2-5-9-18)19-10-6-3-7-11-19/h2-11,20-24H,12-17H2,1H3,(H,27,30)(H,28,29). The molecule has 2 aromatic carbocycles. The van der Waals surface area contributed by atoms with Crippen molar-refractivity contribution in [2.45, 2.75) is 50.1 Å². The van der Waals surface area contributed by atoms with Crippen molar-refractivity contribution in [1.82, 2.24) is 10.6 Å². The molecule has 2 fully saturated rings. The second-order valence-electron chi connectivity index (χ2n) is 8.91. The first-order valence-electron chi connectivity index (χ1n) is 11.3. The monoisotopic (exact) mass is 420 g/mol. The zero-order chi connectivity index (χ0) is 21.6. The second-order valence-corrected chi connectivity index (χ2v) is 8.91. The van der Waals surface area contributed by atoms with Crippen molar-refractivity contribution in [3.8, 4) is 0 Å². The molecule has 5 heteroatoms. The van der Waals surface area contributed by atoms with Crippen molar-refractivity contribution in [2.75, 3.05) is 13.7 Å². The zero-order valence-electron chi connectivity index (χ0n) is 18.1. The predicted octanol–water partition coefficient (Wildman–Crippen LogP) is 3.64. The van der Waals surface area contributed by atoms with Gasteiger partial charge in [0.25, 0.3) is 0 Å². The number of amides is 2. The number of benzene rings is 2. The fourth-order valence-electron chi connectivity index (χ4n) is 5.38. The molecule has 5 nitrogen and oxygen atoms in total. The summed E-state index contributed by atoms with van der Waals surface area (Å²) in [6.45, 7) is 0.626. The number of nitrogens with one attached hydrogen (secondary N) is 2. The topological polar surface area (TPSA) is 67.4 Å².